The predicted molar refractivity (Wildman–Crippen MR) is 89.6 cm³/mol. The van der Waals surface area contributed by atoms with E-state index in [0.29, 0.717) is 18.3 Å². The highest BCUT2D eigenvalue weighted by Crippen LogP contribution is 2.13. The molecule has 1 aliphatic rings. The topological polar surface area (TPSA) is 67.4 Å². The number of aromatic nitrogens is 3. The molecule has 0 saturated carbocycles. The molecule has 130 valence electrons. The first kappa shape index (κ1) is 16.7. The van der Waals surface area contributed by atoms with E-state index < -0.39 is 0 Å². The van der Waals surface area contributed by atoms with Crippen molar-refractivity contribution in [2.75, 3.05) is 26.2 Å². The van der Waals surface area contributed by atoms with Crippen molar-refractivity contribution < 1.29 is 9.32 Å². The van der Waals surface area contributed by atoms with E-state index in [1.54, 1.807) is 6.07 Å². The lowest BCUT2D eigenvalue weighted by atomic mass is 10.3. The fourth-order valence-corrected chi connectivity index (χ4v) is 2.95. The average Bonchev–Trinajstić information content (AvgIpc) is 3.12. The molecule has 0 N–H and O–H groups in total. The number of carbonyl (C=O) groups is 1. The van der Waals surface area contributed by atoms with Gasteiger partial charge in [0.05, 0.1) is 11.9 Å². The first-order chi connectivity index (χ1) is 11.5. The highest BCUT2D eigenvalue weighted by Gasteiger charge is 2.23. The molecular weight excluding hydrogens is 306 g/mol. The smallest absolute Gasteiger partial charge is 0.292 e. The van der Waals surface area contributed by atoms with Gasteiger partial charge >= 0.3 is 0 Å². The van der Waals surface area contributed by atoms with E-state index in [1.165, 1.54) is 5.56 Å². The Hall–Kier alpha value is -2.15. The van der Waals surface area contributed by atoms with E-state index in [-0.39, 0.29) is 5.91 Å². The molecule has 1 fully saturated rings. The number of rotatable bonds is 4. The highest BCUT2D eigenvalue weighted by molar-refractivity contribution is 5.91. The predicted octanol–water partition coefficient (Wildman–Crippen LogP) is 2.11. The van der Waals surface area contributed by atoms with Gasteiger partial charge in [0.25, 0.3) is 5.91 Å². The van der Waals surface area contributed by atoms with Crippen molar-refractivity contribution >= 4 is 5.91 Å². The van der Waals surface area contributed by atoms with Crippen LogP contribution in [0.5, 0.6) is 0 Å². The zero-order valence-electron chi connectivity index (χ0n) is 14.6. The Morgan fingerprint density at radius 2 is 2.12 bits per heavy atom. The lowest BCUT2D eigenvalue weighted by Gasteiger charge is -2.20. The van der Waals surface area contributed by atoms with Crippen molar-refractivity contribution in [3.05, 3.63) is 35.5 Å². The van der Waals surface area contributed by atoms with Crippen molar-refractivity contribution in [1.82, 2.24) is 24.7 Å². The number of nitrogens with zero attached hydrogens (tertiary/aromatic N) is 5. The molecule has 3 heterocycles. The normalized spacial score (nSPS) is 16.6. The molecule has 0 spiro atoms. The van der Waals surface area contributed by atoms with Gasteiger partial charge in [0.1, 0.15) is 0 Å². The molecule has 1 aliphatic heterocycles. The molecule has 24 heavy (non-hydrogen) atoms. The van der Waals surface area contributed by atoms with Crippen LogP contribution in [0, 0.1) is 6.92 Å². The number of amides is 1. The number of aryl methyl sites for hydroxylation is 1. The van der Waals surface area contributed by atoms with Crippen molar-refractivity contribution in [2.24, 2.45) is 0 Å². The molecular formula is C17H25N5O2. The van der Waals surface area contributed by atoms with E-state index in [4.69, 9.17) is 4.52 Å². The van der Waals surface area contributed by atoms with Crippen molar-refractivity contribution in [3.8, 4) is 0 Å². The van der Waals surface area contributed by atoms with Gasteiger partial charge in [0.15, 0.2) is 0 Å². The van der Waals surface area contributed by atoms with E-state index in [9.17, 15) is 4.79 Å². The van der Waals surface area contributed by atoms with Crippen LogP contribution in [-0.4, -0.2) is 56.8 Å². The second-order valence-electron chi connectivity index (χ2n) is 6.68. The molecule has 7 heteroatoms. The van der Waals surface area contributed by atoms with Gasteiger partial charge in [0, 0.05) is 56.6 Å². The van der Waals surface area contributed by atoms with E-state index in [1.807, 2.05) is 22.7 Å². The summed E-state index contributed by atoms with van der Waals surface area (Å²) in [6.45, 7) is 10.2. The molecule has 2 aromatic rings. The molecule has 1 saturated heterocycles. The fraction of sp³-hybridized carbons (Fsp3) is 0.588. The SMILES string of the molecule is Cc1cc(C(=O)N2CCCN(Cc3cnn(C(C)C)c3)CC2)on1. The fourth-order valence-electron chi connectivity index (χ4n) is 2.95. The van der Waals surface area contributed by atoms with Gasteiger partial charge in [-0.25, -0.2) is 0 Å². The Labute approximate surface area is 142 Å². The van der Waals surface area contributed by atoms with Crippen molar-refractivity contribution in [2.45, 2.75) is 39.8 Å². The van der Waals surface area contributed by atoms with Gasteiger partial charge in [-0.15, -0.1) is 0 Å². The largest absolute Gasteiger partial charge is 0.351 e. The minimum atomic E-state index is -0.0647. The van der Waals surface area contributed by atoms with Crippen LogP contribution in [0.2, 0.25) is 0 Å². The molecule has 7 nitrogen and oxygen atoms in total. The lowest BCUT2D eigenvalue weighted by Crippen LogP contribution is -2.34. The minimum Gasteiger partial charge on any atom is -0.351 e. The van der Waals surface area contributed by atoms with Crippen LogP contribution >= 0.6 is 0 Å². The molecule has 0 atom stereocenters. The van der Waals surface area contributed by atoms with Gasteiger partial charge in [0.2, 0.25) is 5.76 Å². The molecule has 0 aliphatic carbocycles. The van der Waals surface area contributed by atoms with Gasteiger partial charge in [-0.1, -0.05) is 5.16 Å². The highest BCUT2D eigenvalue weighted by atomic mass is 16.5. The monoisotopic (exact) mass is 331 g/mol. The maximum absolute atomic E-state index is 12.5. The average molecular weight is 331 g/mol. The van der Waals surface area contributed by atoms with Crippen LogP contribution < -0.4 is 0 Å². The standard InChI is InChI=1S/C17H25N5O2/c1-13(2)22-12-15(10-18-22)11-20-5-4-6-21(8-7-20)17(23)16-9-14(3)19-24-16/h9-10,12-13H,4-8,11H2,1-3H3. The third-order valence-electron chi connectivity index (χ3n) is 4.30. The van der Waals surface area contributed by atoms with E-state index in [0.717, 1.165) is 38.3 Å². The molecule has 2 aromatic heterocycles. The summed E-state index contributed by atoms with van der Waals surface area (Å²) in [4.78, 5) is 16.7. The maximum Gasteiger partial charge on any atom is 0.292 e. The van der Waals surface area contributed by atoms with Crippen LogP contribution in [0.3, 0.4) is 0 Å². The number of hydrogen-bond donors (Lipinski definition) is 0. The zero-order chi connectivity index (χ0) is 17.1. The third kappa shape index (κ3) is 3.84. The summed E-state index contributed by atoms with van der Waals surface area (Å²) in [5, 5.41) is 8.20. The maximum atomic E-state index is 12.5. The van der Waals surface area contributed by atoms with Gasteiger partial charge in [-0.2, -0.15) is 5.10 Å². The molecule has 0 bridgehead atoms. The van der Waals surface area contributed by atoms with Gasteiger partial charge in [-0.05, 0) is 27.2 Å². The van der Waals surface area contributed by atoms with Gasteiger partial charge < -0.3 is 9.42 Å². The molecule has 3 rings (SSSR count). The summed E-state index contributed by atoms with van der Waals surface area (Å²) in [6, 6.07) is 2.08. The lowest BCUT2D eigenvalue weighted by molar-refractivity contribution is 0.0719. The van der Waals surface area contributed by atoms with E-state index >= 15 is 0 Å². The first-order valence-electron chi connectivity index (χ1n) is 8.51. The Morgan fingerprint density at radius 3 is 2.79 bits per heavy atom. The van der Waals surface area contributed by atoms with Crippen LogP contribution in [0.1, 0.15) is 48.1 Å². The van der Waals surface area contributed by atoms with E-state index in [2.05, 4.69) is 35.2 Å². The van der Waals surface area contributed by atoms with Crippen molar-refractivity contribution in [3.63, 3.8) is 0 Å². The summed E-state index contributed by atoms with van der Waals surface area (Å²) < 4.78 is 7.08. The third-order valence-corrected chi connectivity index (χ3v) is 4.30. The summed E-state index contributed by atoms with van der Waals surface area (Å²) in [5.74, 6) is 0.268. The zero-order valence-corrected chi connectivity index (χ0v) is 14.6. The number of carbonyl (C=O) groups excluding carboxylic acids is 1. The summed E-state index contributed by atoms with van der Waals surface area (Å²) >= 11 is 0. The summed E-state index contributed by atoms with van der Waals surface area (Å²) in [5.41, 5.74) is 1.95. The number of hydrogen-bond acceptors (Lipinski definition) is 5. The summed E-state index contributed by atoms with van der Waals surface area (Å²) in [6.07, 6.45) is 5.00. The van der Waals surface area contributed by atoms with Gasteiger partial charge in [-0.3, -0.25) is 14.4 Å². The van der Waals surface area contributed by atoms with Crippen molar-refractivity contribution in [1.29, 1.82) is 0 Å². The molecule has 0 unspecified atom stereocenters. The first-order valence-corrected chi connectivity index (χ1v) is 8.51. The Kier molecular flexibility index (Phi) is 4.99. The van der Waals surface area contributed by atoms with Crippen LogP contribution in [0.15, 0.2) is 23.0 Å². The Morgan fingerprint density at radius 1 is 1.29 bits per heavy atom. The quantitative estimate of drug-likeness (QED) is 0.858. The molecule has 1 amide bonds. The minimum absolute atomic E-state index is 0.0647. The molecule has 0 aromatic carbocycles. The Balaban J connectivity index is 1.57. The van der Waals surface area contributed by atoms with Crippen LogP contribution in [-0.2, 0) is 6.54 Å². The Bertz CT molecular complexity index is 691. The van der Waals surface area contributed by atoms with Crippen LogP contribution in [0.25, 0.3) is 0 Å². The second kappa shape index (κ2) is 7.17. The second-order valence-corrected chi connectivity index (χ2v) is 6.68. The van der Waals surface area contributed by atoms with Crippen LogP contribution in [0.4, 0.5) is 0 Å². The summed E-state index contributed by atoms with van der Waals surface area (Å²) in [7, 11) is 0. The molecule has 0 radical (unpaired) electrons.